The van der Waals surface area contributed by atoms with Gasteiger partial charge in [-0.1, -0.05) is 17.7 Å². The van der Waals surface area contributed by atoms with Crippen LogP contribution in [-0.2, 0) is 32.7 Å². The second-order valence-electron chi connectivity index (χ2n) is 2.78. The van der Waals surface area contributed by atoms with Gasteiger partial charge in [0, 0.05) is 38.3 Å². The van der Waals surface area contributed by atoms with Crippen molar-refractivity contribution in [3.8, 4) is 0 Å². The summed E-state index contributed by atoms with van der Waals surface area (Å²) in [6.45, 7) is 3.52. The molecule has 0 aliphatic rings. The van der Waals surface area contributed by atoms with Gasteiger partial charge in [0.15, 0.2) is 5.78 Å². The van der Waals surface area contributed by atoms with Crippen LogP contribution in [0.2, 0.25) is 0 Å². The molecular formula is C10H12NOY-. The van der Waals surface area contributed by atoms with Crippen molar-refractivity contribution >= 4 is 11.5 Å². The molecule has 1 rings (SSSR count). The molecular weight excluding hydrogens is 239 g/mol. The molecule has 67 valence electrons. The van der Waals surface area contributed by atoms with E-state index in [0.717, 1.165) is 16.8 Å². The molecule has 13 heavy (non-hydrogen) atoms. The summed E-state index contributed by atoms with van der Waals surface area (Å²) in [7, 11) is 1.75. The van der Waals surface area contributed by atoms with Crippen LogP contribution in [0, 0.1) is 6.92 Å². The van der Waals surface area contributed by atoms with E-state index < -0.39 is 0 Å². The Morgan fingerprint density at radius 1 is 1.38 bits per heavy atom. The van der Waals surface area contributed by atoms with Gasteiger partial charge >= 0.3 is 0 Å². The average molecular weight is 251 g/mol. The molecule has 0 fully saturated rings. The maximum Gasteiger partial charge on any atom is 0.159 e. The van der Waals surface area contributed by atoms with Gasteiger partial charge < -0.3 is 5.32 Å². The summed E-state index contributed by atoms with van der Waals surface area (Å²) in [5.41, 5.74) is 2.74. The molecule has 0 N–H and O–H groups in total. The first-order valence-electron chi connectivity index (χ1n) is 3.86. The second-order valence-corrected chi connectivity index (χ2v) is 2.78. The van der Waals surface area contributed by atoms with Crippen LogP contribution in [0.5, 0.6) is 0 Å². The zero-order valence-corrected chi connectivity index (χ0v) is 11.0. The Kier molecular flexibility index (Phi) is 5.42. The first-order chi connectivity index (χ1) is 5.65. The fourth-order valence-electron chi connectivity index (χ4n) is 1.13. The number of carbonyl (C=O) groups is 1. The van der Waals surface area contributed by atoms with Crippen LogP contribution in [0.25, 0.3) is 5.32 Å². The molecule has 0 heterocycles. The fourth-order valence-corrected chi connectivity index (χ4v) is 1.13. The zero-order valence-electron chi connectivity index (χ0n) is 8.16. The number of benzene rings is 1. The van der Waals surface area contributed by atoms with Crippen LogP contribution in [0.1, 0.15) is 22.8 Å². The molecule has 0 unspecified atom stereocenters. The Balaban J connectivity index is 0.00000144. The predicted molar refractivity (Wildman–Crippen MR) is 50.1 cm³/mol. The molecule has 2 nitrogen and oxygen atoms in total. The van der Waals surface area contributed by atoms with E-state index in [2.05, 4.69) is 5.32 Å². The summed E-state index contributed by atoms with van der Waals surface area (Å²) >= 11 is 0. The van der Waals surface area contributed by atoms with Crippen LogP contribution in [-0.4, -0.2) is 12.8 Å². The predicted octanol–water partition coefficient (Wildman–Crippen LogP) is 2.83. The summed E-state index contributed by atoms with van der Waals surface area (Å²) in [5, 5.41) is 4.06. The van der Waals surface area contributed by atoms with Crippen LogP contribution in [0.4, 0.5) is 5.69 Å². The molecule has 0 aliphatic heterocycles. The van der Waals surface area contributed by atoms with Crippen LogP contribution in [0.15, 0.2) is 18.2 Å². The minimum Gasteiger partial charge on any atom is -0.687 e. The van der Waals surface area contributed by atoms with Crippen molar-refractivity contribution in [2.75, 3.05) is 7.05 Å². The molecule has 0 saturated carbocycles. The number of ketones is 1. The number of carbonyl (C=O) groups excluding carboxylic acids is 1. The van der Waals surface area contributed by atoms with Gasteiger partial charge in [0.05, 0.1) is 0 Å². The molecule has 1 aromatic carbocycles. The van der Waals surface area contributed by atoms with Crippen molar-refractivity contribution in [2.45, 2.75) is 13.8 Å². The van der Waals surface area contributed by atoms with Crippen molar-refractivity contribution in [1.82, 2.24) is 0 Å². The van der Waals surface area contributed by atoms with Gasteiger partial charge in [-0.3, -0.25) is 4.79 Å². The summed E-state index contributed by atoms with van der Waals surface area (Å²) < 4.78 is 0. The van der Waals surface area contributed by atoms with Crippen molar-refractivity contribution in [2.24, 2.45) is 0 Å². The first kappa shape index (κ1) is 12.8. The maximum atomic E-state index is 11.0. The quantitative estimate of drug-likeness (QED) is 0.743. The second kappa shape index (κ2) is 5.51. The molecule has 0 saturated heterocycles. The standard InChI is InChI=1S/C10H13NO.Y/c1-7-6-9(8(2)12)4-5-10(7)11-3;/h4-6H,1-3H3,(H,11,12);/p-1. The molecule has 1 aromatic rings. The number of hydrogen-bond acceptors (Lipinski definition) is 1. The van der Waals surface area contributed by atoms with Gasteiger partial charge in [-0.25, -0.2) is 0 Å². The molecule has 0 aromatic heterocycles. The van der Waals surface area contributed by atoms with Gasteiger partial charge in [0.2, 0.25) is 0 Å². The Labute approximate surface area is 104 Å². The van der Waals surface area contributed by atoms with Gasteiger partial charge in [-0.05, 0) is 19.9 Å². The van der Waals surface area contributed by atoms with E-state index in [0.29, 0.717) is 0 Å². The topological polar surface area (TPSA) is 31.2 Å². The van der Waals surface area contributed by atoms with Gasteiger partial charge in [-0.15, -0.1) is 12.7 Å². The minimum atomic E-state index is 0. The van der Waals surface area contributed by atoms with Gasteiger partial charge in [0.1, 0.15) is 0 Å². The normalized spacial score (nSPS) is 8.85. The van der Waals surface area contributed by atoms with Crippen LogP contribution in [0.3, 0.4) is 0 Å². The summed E-state index contributed by atoms with van der Waals surface area (Å²) in [4.78, 5) is 11.0. The van der Waals surface area contributed by atoms with E-state index in [1.165, 1.54) is 0 Å². The largest absolute Gasteiger partial charge is 0.687 e. The molecule has 0 bridgehead atoms. The Morgan fingerprint density at radius 3 is 2.38 bits per heavy atom. The van der Waals surface area contributed by atoms with E-state index in [9.17, 15) is 4.79 Å². The Morgan fingerprint density at radius 2 is 2.00 bits per heavy atom. The monoisotopic (exact) mass is 251 g/mol. The average Bonchev–Trinajstić information content (AvgIpc) is 2.04. The van der Waals surface area contributed by atoms with E-state index in [-0.39, 0.29) is 38.5 Å². The van der Waals surface area contributed by atoms with Crippen molar-refractivity contribution < 1.29 is 37.5 Å². The third-order valence-corrected chi connectivity index (χ3v) is 1.84. The Hall–Kier alpha value is -0.206. The number of Topliss-reactive ketones (excluding diaryl/α,β-unsaturated/α-hetero) is 1. The molecule has 0 amide bonds. The fraction of sp³-hybridized carbons (Fsp3) is 0.300. The Bertz CT molecular complexity index is 310. The third-order valence-electron chi connectivity index (χ3n) is 1.84. The smallest absolute Gasteiger partial charge is 0.159 e. The number of aryl methyl sites for hydroxylation is 1. The number of nitrogens with zero attached hydrogens (tertiary/aromatic N) is 1. The number of hydrogen-bond donors (Lipinski definition) is 0. The van der Waals surface area contributed by atoms with Crippen molar-refractivity contribution in [3.05, 3.63) is 34.6 Å². The molecule has 0 spiro atoms. The SMILES string of the molecule is C[N-]c1ccc(C(C)=O)cc1C.[Y]. The van der Waals surface area contributed by atoms with Gasteiger partial charge in [-0.2, -0.15) is 0 Å². The third kappa shape index (κ3) is 3.20. The van der Waals surface area contributed by atoms with E-state index in [1.807, 2.05) is 19.1 Å². The van der Waals surface area contributed by atoms with E-state index in [1.54, 1.807) is 20.0 Å². The van der Waals surface area contributed by atoms with Crippen molar-refractivity contribution in [3.63, 3.8) is 0 Å². The van der Waals surface area contributed by atoms with Crippen LogP contribution >= 0.6 is 0 Å². The summed E-state index contributed by atoms with van der Waals surface area (Å²) in [6.07, 6.45) is 0. The van der Waals surface area contributed by atoms with Crippen LogP contribution < -0.4 is 0 Å². The molecule has 0 aliphatic carbocycles. The molecule has 3 heteroatoms. The maximum absolute atomic E-state index is 11.0. The van der Waals surface area contributed by atoms with Gasteiger partial charge in [0.25, 0.3) is 0 Å². The van der Waals surface area contributed by atoms with Crippen molar-refractivity contribution in [1.29, 1.82) is 0 Å². The molecule has 1 radical (unpaired) electrons. The van der Waals surface area contributed by atoms with E-state index in [4.69, 9.17) is 0 Å². The molecule has 0 atom stereocenters. The minimum absolute atomic E-state index is 0. The first-order valence-corrected chi connectivity index (χ1v) is 3.86. The summed E-state index contributed by atoms with van der Waals surface area (Å²) in [6, 6.07) is 5.54. The number of rotatable bonds is 2. The van der Waals surface area contributed by atoms with E-state index >= 15 is 0 Å². The summed E-state index contributed by atoms with van der Waals surface area (Å²) in [5.74, 6) is 0.0979. The zero-order chi connectivity index (χ0) is 9.14.